The molecule has 2 aromatic carbocycles. The van der Waals surface area contributed by atoms with Gasteiger partial charge in [0.1, 0.15) is 12.4 Å². The van der Waals surface area contributed by atoms with Crippen molar-refractivity contribution in [3.05, 3.63) is 82.9 Å². The Bertz CT molecular complexity index is 820. The third-order valence-corrected chi connectivity index (χ3v) is 3.73. The van der Waals surface area contributed by atoms with E-state index in [0.29, 0.717) is 6.42 Å². The molecule has 0 aliphatic carbocycles. The highest BCUT2D eigenvalue weighted by Crippen LogP contribution is 2.18. The number of allylic oxidation sites excluding steroid dienone is 1. The van der Waals surface area contributed by atoms with Crippen molar-refractivity contribution in [1.29, 1.82) is 0 Å². The average molecular weight is 384 g/mol. The molecule has 0 aliphatic rings. The van der Waals surface area contributed by atoms with E-state index in [4.69, 9.17) is 9.47 Å². The Morgan fingerprint density at radius 3 is 2.43 bits per heavy atom. The van der Waals surface area contributed by atoms with Gasteiger partial charge < -0.3 is 14.8 Å². The molecule has 0 aliphatic heterocycles. The topological polar surface area (TPSA) is 108 Å². The maximum atomic E-state index is 12.0. The molecule has 1 N–H and O–H groups in total. The van der Waals surface area contributed by atoms with Crippen molar-refractivity contribution in [2.75, 3.05) is 6.61 Å². The molecule has 0 unspecified atom stereocenters. The van der Waals surface area contributed by atoms with Gasteiger partial charge in [-0.2, -0.15) is 0 Å². The molecule has 0 saturated heterocycles. The summed E-state index contributed by atoms with van der Waals surface area (Å²) in [6.07, 6.45) is 1.49. The second kappa shape index (κ2) is 10.5. The van der Waals surface area contributed by atoms with Gasteiger partial charge in [0.2, 0.25) is 5.91 Å². The second-order valence-corrected chi connectivity index (χ2v) is 5.77. The van der Waals surface area contributed by atoms with Crippen LogP contribution in [0.15, 0.2) is 67.3 Å². The number of non-ortho nitro benzene ring substituents is 1. The maximum Gasteiger partial charge on any atom is 0.513 e. The number of benzene rings is 2. The van der Waals surface area contributed by atoms with E-state index < -0.39 is 17.1 Å². The van der Waals surface area contributed by atoms with Crippen molar-refractivity contribution >= 4 is 17.7 Å². The van der Waals surface area contributed by atoms with E-state index in [1.165, 1.54) is 24.3 Å². The summed E-state index contributed by atoms with van der Waals surface area (Å²) in [6, 6.07) is 13.6. The van der Waals surface area contributed by atoms with E-state index in [2.05, 4.69) is 11.9 Å². The number of nitrogens with zero attached hydrogens (tertiary/aromatic N) is 1. The number of amides is 1. The molecule has 0 spiro atoms. The number of nitro benzene ring substituents is 1. The molecular weight excluding hydrogens is 364 g/mol. The second-order valence-electron chi connectivity index (χ2n) is 5.77. The van der Waals surface area contributed by atoms with Crippen LogP contribution in [0.3, 0.4) is 0 Å². The van der Waals surface area contributed by atoms with Gasteiger partial charge in [-0.15, -0.1) is 6.58 Å². The lowest BCUT2D eigenvalue weighted by Gasteiger charge is -2.19. The van der Waals surface area contributed by atoms with E-state index in [0.717, 1.165) is 5.56 Å². The van der Waals surface area contributed by atoms with Crippen LogP contribution in [0, 0.1) is 10.1 Å². The van der Waals surface area contributed by atoms with E-state index in [1.54, 1.807) is 6.08 Å². The van der Waals surface area contributed by atoms with Crippen LogP contribution in [0.2, 0.25) is 0 Å². The Morgan fingerprint density at radius 2 is 1.82 bits per heavy atom. The molecule has 0 aromatic heterocycles. The van der Waals surface area contributed by atoms with E-state index >= 15 is 0 Å². The van der Waals surface area contributed by atoms with E-state index in [1.807, 2.05) is 30.3 Å². The van der Waals surface area contributed by atoms with Crippen LogP contribution in [0.4, 0.5) is 10.5 Å². The molecule has 0 bridgehead atoms. The molecule has 0 radical (unpaired) electrons. The van der Waals surface area contributed by atoms with Gasteiger partial charge in [-0.25, -0.2) is 4.79 Å². The predicted octanol–water partition coefficient (Wildman–Crippen LogP) is 3.93. The number of nitrogens with one attached hydrogen (secondary N) is 1. The Kier molecular flexibility index (Phi) is 7.71. The molecule has 0 saturated carbocycles. The summed E-state index contributed by atoms with van der Waals surface area (Å²) >= 11 is 0. The Labute approximate surface area is 161 Å². The fourth-order valence-electron chi connectivity index (χ4n) is 2.32. The third kappa shape index (κ3) is 6.56. The number of hydrogen-bond acceptors (Lipinski definition) is 6. The van der Waals surface area contributed by atoms with Crippen LogP contribution in [-0.4, -0.2) is 23.6 Å². The van der Waals surface area contributed by atoms with Crippen molar-refractivity contribution in [2.45, 2.75) is 18.9 Å². The van der Waals surface area contributed by atoms with Gasteiger partial charge >= 0.3 is 6.16 Å². The molecule has 2 rings (SSSR count). The summed E-state index contributed by atoms with van der Waals surface area (Å²) in [6.45, 7) is 3.45. The highest BCUT2D eigenvalue weighted by molar-refractivity contribution is 5.76. The zero-order valence-corrected chi connectivity index (χ0v) is 15.1. The molecule has 146 valence electrons. The van der Waals surface area contributed by atoms with Crippen molar-refractivity contribution in [2.24, 2.45) is 0 Å². The number of carbonyl (C=O) groups is 2. The van der Waals surface area contributed by atoms with Gasteiger partial charge in [-0.05, 0) is 24.1 Å². The molecule has 0 fully saturated rings. The van der Waals surface area contributed by atoms with Crippen LogP contribution >= 0.6 is 0 Å². The predicted molar refractivity (Wildman–Crippen MR) is 102 cm³/mol. The highest BCUT2D eigenvalue weighted by atomic mass is 16.7. The lowest BCUT2D eigenvalue weighted by Crippen LogP contribution is -2.32. The molecular formula is C20H20N2O6. The standard InChI is InChI=1S/C20H20N2O6/c1-2-3-9-19(23)21-18(15-7-5-4-6-8-15)14-27-20(24)28-17-12-10-16(11-13-17)22(25)26/h2,4-8,10-13,18H,1,3,9,14H2,(H,21,23)/t18-/m0/s1. The van der Waals surface area contributed by atoms with Crippen LogP contribution in [0.25, 0.3) is 0 Å². The molecule has 1 amide bonds. The van der Waals surface area contributed by atoms with Crippen LogP contribution in [0.1, 0.15) is 24.4 Å². The Balaban J connectivity index is 1.95. The van der Waals surface area contributed by atoms with Crippen molar-refractivity contribution in [1.82, 2.24) is 5.32 Å². The number of rotatable bonds is 9. The highest BCUT2D eigenvalue weighted by Gasteiger charge is 2.18. The molecule has 8 heteroatoms. The van der Waals surface area contributed by atoms with Crippen molar-refractivity contribution < 1.29 is 24.0 Å². The monoisotopic (exact) mass is 384 g/mol. The number of ether oxygens (including phenoxy) is 2. The fourth-order valence-corrected chi connectivity index (χ4v) is 2.32. The fraction of sp³-hybridized carbons (Fsp3) is 0.200. The zero-order valence-electron chi connectivity index (χ0n) is 15.1. The number of carbonyl (C=O) groups excluding carboxylic acids is 2. The summed E-state index contributed by atoms with van der Waals surface area (Å²) in [5.41, 5.74) is 0.657. The Hall–Kier alpha value is -3.68. The number of hydrogen-bond donors (Lipinski definition) is 1. The minimum atomic E-state index is -0.977. The van der Waals surface area contributed by atoms with Gasteiger partial charge in [-0.3, -0.25) is 14.9 Å². The molecule has 8 nitrogen and oxygen atoms in total. The normalized spacial score (nSPS) is 11.1. The van der Waals surface area contributed by atoms with E-state index in [-0.39, 0.29) is 30.4 Å². The Morgan fingerprint density at radius 1 is 1.14 bits per heavy atom. The first kappa shape index (κ1) is 20.6. The molecule has 1 atom stereocenters. The van der Waals surface area contributed by atoms with Crippen LogP contribution < -0.4 is 10.1 Å². The zero-order chi connectivity index (χ0) is 20.4. The molecule has 0 heterocycles. The number of nitro groups is 1. The first-order valence-corrected chi connectivity index (χ1v) is 8.54. The van der Waals surface area contributed by atoms with Crippen molar-refractivity contribution in [3.8, 4) is 5.75 Å². The summed E-state index contributed by atoms with van der Waals surface area (Å²) in [7, 11) is 0. The minimum Gasteiger partial charge on any atom is -0.431 e. The smallest absolute Gasteiger partial charge is 0.431 e. The SMILES string of the molecule is C=CCCC(=O)N[C@@H](COC(=O)Oc1ccc([N+](=O)[O-])cc1)c1ccccc1. The van der Waals surface area contributed by atoms with Gasteiger partial charge in [0.15, 0.2) is 0 Å². The van der Waals surface area contributed by atoms with Gasteiger partial charge in [-0.1, -0.05) is 36.4 Å². The quantitative estimate of drug-likeness (QED) is 0.231. The summed E-state index contributed by atoms with van der Waals surface area (Å²) in [5.74, 6) is -0.0806. The van der Waals surface area contributed by atoms with Gasteiger partial charge in [0.05, 0.1) is 11.0 Å². The van der Waals surface area contributed by atoms with Crippen molar-refractivity contribution in [3.63, 3.8) is 0 Å². The molecule has 28 heavy (non-hydrogen) atoms. The first-order chi connectivity index (χ1) is 13.5. The van der Waals surface area contributed by atoms with E-state index in [9.17, 15) is 19.7 Å². The third-order valence-electron chi connectivity index (χ3n) is 3.73. The molecule has 2 aromatic rings. The van der Waals surface area contributed by atoms with Gasteiger partial charge in [0.25, 0.3) is 5.69 Å². The van der Waals surface area contributed by atoms with Gasteiger partial charge in [0, 0.05) is 18.6 Å². The summed E-state index contributed by atoms with van der Waals surface area (Å²) < 4.78 is 10.1. The lowest BCUT2D eigenvalue weighted by atomic mass is 10.1. The van der Waals surface area contributed by atoms with Crippen LogP contribution in [0.5, 0.6) is 5.75 Å². The minimum absolute atomic E-state index is 0.113. The first-order valence-electron chi connectivity index (χ1n) is 8.54. The maximum absolute atomic E-state index is 12.0. The summed E-state index contributed by atoms with van der Waals surface area (Å²) in [5, 5.41) is 13.4. The lowest BCUT2D eigenvalue weighted by molar-refractivity contribution is -0.384. The largest absolute Gasteiger partial charge is 0.513 e. The average Bonchev–Trinajstić information content (AvgIpc) is 2.70. The summed E-state index contributed by atoms with van der Waals surface area (Å²) in [4.78, 5) is 34.0. The van der Waals surface area contributed by atoms with Crippen LogP contribution in [-0.2, 0) is 9.53 Å².